The standard InChI is InChI=1S/C39H54F2N6O9S/c1-21-11-9-7-8-10-12-27-34(43-28-18-24(54-6)13-16-26(28)42-27)56-29-20-47(35(49)32(38(3,4)5)44-37(51)55-21)31(22(29)2)33(48)45-39(19-23(39)17-30(40)41)36(50)46-57(52,53)25-14-15-25/h13,16,18,21-23,25,29-32H,7-12,14-15,17,19-20H2,1-6H3,(H,44,51)(H,45,48)(H,46,50)/t21-,22+,23+,29-,31-,32+,39+/m0/s1. The predicted octanol–water partition coefficient (Wildman–Crippen LogP) is 4.41. The zero-order valence-corrected chi connectivity index (χ0v) is 34.1. The SMILES string of the molecule is COc1ccc2nc3c(nc2c1)O[C@H]1CN(C(=O)[C@H](C(C)(C)C)NC(=O)O[C@@H](C)CCCCCC3)[C@H](C(=O)N[C@]2(C(=O)NS(=O)(=O)C3CC3)C[C@H]2CC(F)F)[C@@H]1C. The fraction of sp³-hybridized carbons (Fsp3) is 0.692. The first-order chi connectivity index (χ1) is 26.8. The average molecular weight is 821 g/mol. The summed E-state index contributed by atoms with van der Waals surface area (Å²) in [7, 11) is -2.55. The van der Waals surface area contributed by atoms with Gasteiger partial charge in [0.1, 0.15) is 41.3 Å². The Morgan fingerprint density at radius 3 is 2.44 bits per heavy atom. The van der Waals surface area contributed by atoms with Crippen LogP contribution in [-0.2, 0) is 35.6 Å². The molecular formula is C39H54F2N6O9S. The molecule has 2 aliphatic heterocycles. The van der Waals surface area contributed by atoms with Gasteiger partial charge in [0.2, 0.25) is 34.1 Å². The van der Waals surface area contributed by atoms with Gasteiger partial charge in [-0.3, -0.25) is 19.1 Å². The number of nitrogens with one attached hydrogen (secondary N) is 3. The van der Waals surface area contributed by atoms with E-state index in [1.165, 1.54) is 12.0 Å². The van der Waals surface area contributed by atoms with Crippen molar-refractivity contribution in [2.24, 2.45) is 17.3 Å². The minimum Gasteiger partial charge on any atom is -0.497 e. The molecule has 314 valence electrons. The quantitative estimate of drug-likeness (QED) is 0.342. The lowest BCUT2D eigenvalue weighted by molar-refractivity contribution is -0.143. The molecule has 2 bridgehead atoms. The van der Waals surface area contributed by atoms with E-state index in [1.807, 2.05) is 4.72 Å². The maximum Gasteiger partial charge on any atom is 0.408 e. The third-order valence-electron chi connectivity index (χ3n) is 11.5. The highest BCUT2D eigenvalue weighted by molar-refractivity contribution is 7.91. The molecule has 2 saturated carbocycles. The van der Waals surface area contributed by atoms with E-state index >= 15 is 0 Å². The van der Waals surface area contributed by atoms with Crippen LogP contribution in [0.5, 0.6) is 11.6 Å². The molecule has 1 saturated heterocycles. The molecule has 1 aromatic carbocycles. The van der Waals surface area contributed by atoms with Gasteiger partial charge in [-0.25, -0.2) is 32.0 Å². The molecular weight excluding hydrogens is 767 g/mol. The van der Waals surface area contributed by atoms with Gasteiger partial charge in [0.25, 0.3) is 5.91 Å². The Morgan fingerprint density at radius 1 is 1.05 bits per heavy atom. The number of ether oxygens (including phenoxy) is 3. The van der Waals surface area contributed by atoms with E-state index in [9.17, 15) is 36.4 Å². The molecule has 3 fully saturated rings. The number of methoxy groups -OCH3 is 1. The first-order valence-corrected chi connectivity index (χ1v) is 21.3. The fourth-order valence-corrected chi connectivity index (χ4v) is 9.24. The summed E-state index contributed by atoms with van der Waals surface area (Å²) in [5, 5.41) is 4.57. The number of hydrogen-bond donors (Lipinski definition) is 3. The molecule has 0 unspecified atom stereocenters. The Bertz CT molecular complexity index is 1980. The third kappa shape index (κ3) is 9.52. The third-order valence-corrected chi connectivity index (χ3v) is 13.3. The number of nitrogens with zero attached hydrogens (tertiary/aromatic N) is 3. The van der Waals surface area contributed by atoms with E-state index in [0.29, 0.717) is 48.2 Å². The largest absolute Gasteiger partial charge is 0.497 e. The van der Waals surface area contributed by atoms with E-state index in [2.05, 4.69) is 10.6 Å². The first-order valence-electron chi connectivity index (χ1n) is 19.8. The Balaban J connectivity index is 1.38. The summed E-state index contributed by atoms with van der Waals surface area (Å²) in [4.78, 5) is 67.2. The molecule has 4 amide bonds. The summed E-state index contributed by atoms with van der Waals surface area (Å²) in [6.45, 7) is 8.55. The van der Waals surface area contributed by atoms with Gasteiger partial charge < -0.3 is 29.7 Å². The van der Waals surface area contributed by atoms with Crippen molar-refractivity contribution in [2.45, 2.75) is 140 Å². The number of fused-ring (bicyclic) bond motifs is 4. The van der Waals surface area contributed by atoms with Crippen LogP contribution in [0, 0.1) is 17.3 Å². The van der Waals surface area contributed by atoms with Crippen LogP contribution in [0.3, 0.4) is 0 Å². The van der Waals surface area contributed by atoms with Gasteiger partial charge in [-0.05, 0) is 75.3 Å². The number of aryl methyl sites for hydroxylation is 1. The highest BCUT2D eigenvalue weighted by atomic mass is 32.2. The molecule has 2 aromatic rings. The number of hydrogen-bond acceptors (Lipinski definition) is 11. The van der Waals surface area contributed by atoms with Gasteiger partial charge >= 0.3 is 6.09 Å². The van der Waals surface area contributed by atoms with E-state index < -0.39 is 99.0 Å². The van der Waals surface area contributed by atoms with Crippen molar-refractivity contribution in [1.82, 2.24) is 30.2 Å². The Morgan fingerprint density at radius 2 is 1.77 bits per heavy atom. The summed E-state index contributed by atoms with van der Waals surface area (Å²) in [6.07, 6.45) is -0.791. The van der Waals surface area contributed by atoms with Gasteiger partial charge in [0, 0.05) is 18.4 Å². The van der Waals surface area contributed by atoms with Crippen LogP contribution >= 0.6 is 0 Å². The molecule has 15 nitrogen and oxygen atoms in total. The highest BCUT2D eigenvalue weighted by Gasteiger charge is 2.64. The van der Waals surface area contributed by atoms with Gasteiger partial charge in [0.05, 0.1) is 29.9 Å². The van der Waals surface area contributed by atoms with Gasteiger partial charge in [0.15, 0.2) is 0 Å². The number of benzene rings is 1. The van der Waals surface area contributed by atoms with Crippen LogP contribution in [-0.4, -0.2) is 102 Å². The molecule has 6 rings (SSSR count). The molecule has 2 aliphatic carbocycles. The molecule has 1 aromatic heterocycles. The molecule has 0 radical (unpaired) electrons. The first kappa shape index (κ1) is 42.3. The number of sulfonamides is 1. The number of alkyl carbamates (subject to hydrolysis) is 1. The summed E-state index contributed by atoms with van der Waals surface area (Å²) < 4.78 is 72.7. The van der Waals surface area contributed by atoms with Crippen LogP contribution in [0.25, 0.3) is 11.0 Å². The van der Waals surface area contributed by atoms with Crippen molar-refractivity contribution in [3.63, 3.8) is 0 Å². The topological polar surface area (TPSA) is 195 Å². The van der Waals surface area contributed by atoms with Crippen molar-refractivity contribution >= 4 is 44.9 Å². The van der Waals surface area contributed by atoms with Crippen LogP contribution in [0.4, 0.5) is 13.6 Å². The number of cyclic esters (lactones) is 1. The molecule has 0 spiro atoms. The Labute approximate surface area is 331 Å². The molecule has 3 N–H and O–H groups in total. The number of halogens is 2. The van der Waals surface area contributed by atoms with Gasteiger partial charge in [-0.1, -0.05) is 40.5 Å². The molecule has 4 aliphatic rings. The molecule has 18 heteroatoms. The monoisotopic (exact) mass is 820 g/mol. The van der Waals surface area contributed by atoms with Crippen LogP contribution in [0.2, 0.25) is 0 Å². The van der Waals surface area contributed by atoms with Crippen molar-refractivity contribution in [3.8, 4) is 11.6 Å². The Kier molecular flexibility index (Phi) is 12.2. The fourth-order valence-electron chi connectivity index (χ4n) is 7.87. The van der Waals surface area contributed by atoms with E-state index in [1.54, 1.807) is 52.8 Å². The van der Waals surface area contributed by atoms with Crippen molar-refractivity contribution in [3.05, 3.63) is 23.9 Å². The number of aromatic nitrogens is 2. The van der Waals surface area contributed by atoms with Crippen molar-refractivity contribution in [1.29, 1.82) is 0 Å². The molecule has 3 heterocycles. The number of carbonyl (C=O) groups excluding carboxylic acids is 4. The van der Waals surface area contributed by atoms with Crippen LogP contribution in [0.1, 0.15) is 98.1 Å². The normalized spacial score (nSPS) is 29.0. The summed E-state index contributed by atoms with van der Waals surface area (Å²) >= 11 is 0. The second-order valence-electron chi connectivity index (χ2n) is 17.1. The van der Waals surface area contributed by atoms with Crippen molar-refractivity contribution in [2.75, 3.05) is 13.7 Å². The average Bonchev–Trinajstić information content (AvgIpc) is 4.06. The highest BCUT2D eigenvalue weighted by Crippen LogP contribution is 2.48. The lowest BCUT2D eigenvalue weighted by Crippen LogP contribution is -2.61. The van der Waals surface area contributed by atoms with Gasteiger partial charge in [-0.15, -0.1) is 0 Å². The summed E-state index contributed by atoms with van der Waals surface area (Å²) in [5.74, 6) is -3.68. The smallest absolute Gasteiger partial charge is 0.408 e. The lowest BCUT2D eigenvalue weighted by Gasteiger charge is -2.36. The van der Waals surface area contributed by atoms with E-state index in [-0.39, 0.29) is 18.8 Å². The van der Waals surface area contributed by atoms with Gasteiger partial charge in [-0.2, -0.15) is 0 Å². The number of alkyl halides is 2. The number of amides is 4. The predicted molar refractivity (Wildman–Crippen MR) is 204 cm³/mol. The lowest BCUT2D eigenvalue weighted by atomic mass is 9.85. The minimum absolute atomic E-state index is 0.162. The second-order valence-corrected chi connectivity index (χ2v) is 19.0. The molecule has 57 heavy (non-hydrogen) atoms. The maximum absolute atomic E-state index is 14.7. The minimum atomic E-state index is -4.09. The summed E-state index contributed by atoms with van der Waals surface area (Å²) in [6, 6.07) is 2.76. The van der Waals surface area contributed by atoms with E-state index in [0.717, 1.165) is 25.7 Å². The van der Waals surface area contributed by atoms with Crippen molar-refractivity contribution < 1.29 is 50.6 Å². The second kappa shape index (κ2) is 16.5. The summed E-state index contributed by atoms with van der Waals surface area (Å²) in [5.41, 5.74) is -1.13. The van der Waals surface area contributed by atoms with Crippen LogP contribution < -0.4 is 24.8 Å². The van der Waals surface area contributed by atoms with Crippen LogP contribution in [0.15, 0.2) is 18.2 Å². The maximum atomic E-state index is 14.7. The number of rotatable bonds is 8. The Hall–Kier alpha value is -4.35. The zero-order chi connectivity index (χ0) is 41.4. The van der Waals surface area contributed by atoms with E-state index in [4.69, 9.17) is 24.2 Å². The molecule has 7 atom stereocenters. The zero-order valence-electron chi connectivity index (χ0n) is 33.3. The number of carbonyl (C=O) groups is 4.